The van der Waals surface area contributed by atoms with Crippen LogP contribution in [0.2, 0.25) is 0 Å². The molecule has 0 bridgehead atoms. The highest BCUT2D eigenvalue weighted by Gasteiger charge is 2.16. The highest BCUT2D eigenvalue weighted by molar-refractivity contribution is 14.1. The summed E-state index contributed by atoms with van der Waals surface area (Å²) in [5.74, 6) is 1.13. The van der Waals surface area contributed by atoms with Gasteiger partial charge in [0.1, 0.15) is 5.82 Å². The topological polar surface area (TPSA) is 43.8 Å². The third-order valence-corrected chi connectivity index (χ3v) is 4.66. The predicted octanol–water partition coefficient (Wildman–Crippen LogP) is 4.00. The van der Waals surface area contributed by atoms with E-state index >= 15 is 0 Å². The Kier molecular flexibility index (Phi) is 4.32. The quantitative estimate of drug-likeness (QED) is 0.764. The van der Waals surface area contributed by atoms with E-state index in [9.17, 15) is 0 Å². The Morgan fingerprint density at radius 3 is 2.61 bits per heavy atom. The maximum atomic E-state index is 6.12. The lowest BCUT2D eigenvalue weighted by Crippen LogP contribution is -2.07. The van der Waals surface area contributed by atoms with E-state index in [4.69, 9.17) is 5.73 Å². The van der Waals surface area contributed by atoms with Crippen molar-refractivity contribution < 1.29 is 0 Å². The molecule has 0 aliphatic carbocycles. The van der Waals surface area contributed by atoms with E-state index in [0.717, 1.165) is 19.6 Å². The van der Waals surface area contributed by atoms with Crippen molar-refractivity contribution in [2.24, 2.45) is 0 Å². The minimum Gasteiger partial charge on any atom is -0.383 e. The molecular formula is C13H15BrIN3. The first-order chi connectivity index (χ1) is 8.50. The van der Waals surface area contributed by atoms with E-state index in [-0.39, 0.29) is 0 Å². The Morgan fingerprint density at radius 1 is 1.39 bits per heavy atom. The molecule has 2 rings (SSSR count). The fraction of sp³-hybridized carbons (Fsp3) is 0.308. The normalized spacial score (nSPS) is 11.2. The molecule has 0 aliphatic rings. The van der Waals surface area contributed by atoms with Crippen molar-refractivity contribution in [3.63, 3.8) is 0 Å². The van der Waals surface area contributed by atoms with Crippen molar-refractivity contribution in [3.05, 3.63) is 43.6 Å². The molecule has 0 radical (unpaired) electrons. The van der Waals surface area contributed by atoms with Crippen LogP contribution in [-0.4, -0.2) is 9.78 Å². The minimum absolute atomic E-state index is 0.389. The number of hydrogen-bond acceptors (Lipinski definition) is 2. The van der Waals surface area contributed by atoms with Crippen molar-refractivity contribution in [1.82, 2.24) is 9.78 Å². The Balaban J connectivity index is 2.36. The number of halogens is 2. The molecular weight excluding hydrogens is 405 g/mol. The smallest absolute Gasteiger partial charge is 0.135 e. The van der Waals surface area contributed by atoms with E-state index in [1.807, 2.05) is 22.9 Å². The number of nitrogen functional groups attached to an aromatic ring is 1. The molecule has 1 aromatic heterocycles. The highest BCUT2D eigenvalue weighted by Crippen LogP contribution is 2.27. The Hall–Kier alpha value is -0.560. The van der Waals surface area contributed by atoms with Crippen molar-refractivity contribution in [2.45, 2.75) is 26.3 Å². The summed E-state index contributed by atoms with van der Waals surface area (Å²) < 4.78 is 4.02. The molecule has 0 atom stereocenters. The number of anilines is 1. The zero-order chi connectivity index (χ0) is 13.3. The van der Waals surface area contributed by atoms with Gasteiger partial charge in [-0.15, -0.1) is 0 Å². The van der Waals surface area contributed by atoms with E-state index in [1.54, 1.807) is 0 Å². The van der Waals surface area contributed by atoms with Gasteiger partial charge >= 0.3 is 0 Å². The fourth-order valence-corrected chi connectivity index (χ4v) is 3.17. The largest absolute Gasteiger partial charge is 0.383 e. The lowest BCUT2D eigenvalue weighted by atomic mass is 10.1. The zero-order valence-corrected chi connectivity index (χ0v) is 14.1. The van der Waals surface area contributed by atoms with Gasteiger partial charge in [-0.1, -0.05) is 48.0 Å². The Morgan fingerprint density at radius 2 is 2.06 bits per heavy atom. The summed E-state index contributed by atoms with van der Waals surface area (Å²) in [6.07, 6.45) is 0. The molecule has 0 unspecified atom stereocenters. The summed E-state index contributed by atoms with van der Waals surface area (Å²) in [5, 5.41) is 4.61. The van der Waals surface area contributed by atoms with Gasteiger partial charge in [-0.25, -0.2) is 4.68 Å². The summed E-state index contributed by atoms with van der Waals surface area (Å²) in [7, 11) is 0. The molecule has 1 aromatic carbocycles. The van der Waals surface area contributed by atoms with Gasteiger partial charge in [0, 0.05) is 4.47 Å². The molecule has 0 spiro atoms. The summed E-state index contributed by atoms with van der Waals surface area (Å²) in [6, 6.07) is 8.13. The third-order valence-electron chi connectivity index (χ3n) is 2.78. The maximum Gasteiger partial charge on any atom is 0.135 e. The van der Waals surface area contributed by atoms with E-state index in [2.05, 4.69) is 63.5 Å². The number of hydrogen-bond donors (Lipinski definition) is 1. The van der Waals surface area contributed by atoms with Crippen LogP contribution in [0.25, 0.3) is 0 Å². The lowest BCUT2D eigenvalue weighted by Gasteiger charge is -2.06. The van der Waals surface area contributed by atoms with Crippen molar-refractivity contribution in [1.29, 1.82) is 0 Å². The molecule has 0 amide bonds. The molecule has 96 valence electrons. The molecule has 2 aromatic rings. The number of nitrogens with two attached hydrogens (primary N) is 1. The van der Waals surface area contributed by atoms with Crippen LogP contribution in [0, 0.1) is 3.57 Å². The first kappa shape index (κ1) is 13.9. The first-order valence-corrected chi connectivity index (χ1v) is 7.63. The average Bonchev–Trinajstić information content (AvgIpc) is 2.60. The van der Waals surface area contributed by atoms with E-state index < -0.39 is 0 Å². The van der Waals surface area contributed by atoms with Gasteiger partial charge in [0.05, 0.1) is 15.8 Å². The lowest BCUT2D eigenvalue weighted by molar-refractivity contribution is 0.663. The van der Waals surface area contributed by atoms with Gasteiger partial charge in [0.2, 0.25) is 0 Å². The number of benzene rings is 1. The highest BCUT2D eigenvalue weighted by atomic mass is 127. The predicted molar refractivity (Wildman–Crippen MR) is 86.7 cm³/mol. The van der Waals surface area contributed by atoms with Gasteiger partial charge < -0.3 is 5.73 Å². The SMILES string of the molecule is CC(C)c1nn(Cc2ccccc2Br)c(N)c1I. The van der Waals surface area contributed by atoms with Crippen LogP contribution in [0.4, 0.5) is 5.82 Å². The van der Waals surface area contributed by atoms with Gasteiger partial charge in [0.25, 0.3) is 0 Å². The molecule has 2 N–H and O–H groups in total. The average molecular weight is 420 g/mol. The second-order valence-corrected chi connectivity index (χ2v) is 6.42. The standard InChI is InChI=1S/C13H15BrIN3/c1-8(2)12-11(15)13(16)18(17-12)7-9-5-3-4-6-10(9)14/h3-6,8H,7,16H2,1-2H3. The van der Waals surface area contributed by atoms with Gasteiger partial charge in [-0.2, -0.15) is 5.10 Å². The Bertz CT molecular complexity index is 563. The molecule has 1 heterocycles. The van der Waals surface area contributed by atoms with Crippen molar-refractivity contribution in [2.75, 3.05) is 5.73 Å². The number of aromatic nitrogens is 2. The zero-order valence-electron chi connectivity index (χ0n) is 10.3. The minimum atomic E-state index is 0.389. The van der Waals surface area contributed by atoms with Crippen LogP contribution in [-0.2, 0) is 6.54 Å². The van der Waals surface area contributed by atoms with Crippen LogP contribution in [0.1, 0.15) is 31.0 Å². The first-order valence-electron chi connectivity index (χ1n) is 5.75. The summed E-state index contributed by atoms with van der Waals surface area (Å²) in [5.41, 5.74) is 8.37. The number of nitrogens with zero attached hydrogens (tertiary/aromatic N) is 2. The van der Waals surface area contributed by atoms with E-state index in [1.165, 1.54) is 5.56 Å². The van der Waals surface area contributed by atoms with Crippen molar-refractivity contribution in [3.8, 4) is 0 Å². The molecule has 3 nitrogen and oxygen atoms in total. The molecule has 0 fully saturated rings. The van der Waals surface area contributed by atoms with Crippen molar-refractivity contribution >= 4 is 44.3 Å². The Labute approximate surface area is 129 Å². The van der Waals surface area contributed by atoms with Crippen LogP contribution < -0.4 is 5.73 Å². The molecule has 5 heteroatoms. The maximum absolute atomic E-state index is 6.12. The summed E-state index contributed by atoms with van der Waals surface area (Å²) in [6.45, 7) is 4.95. The van der Waals surface area contributed by atoms with Gasteiger partial charge in [-0.05, 0) is 40.1 Å². The van der Waals surface area contributed by atoms with Gasteiger partial charge in [-0.3, -0.25) is 0 Å². The van der Waals surface area contributed by atoms with Crippen LogP contribution in [0.15, 0.2) is 28.7 Å². The van der Waals surface area contributed by atoms with Crippen LogP contribution in [0.5, 0.6) is 0 Å². The second-order valence-electron chi connectivity index (χ2n) is 4.49. The molecule has 0 aliphatic heterocycles. The van der Waals surface area contributed by atoms with Crippen LogP contribution >= 0.6 is 38.5 Å². The molecule has 18 heavy (non-hydrogen) atoms. The van der Waals surface area contributed by atoms with Crippen LogP contribution in [0.3, 0.4) is 0 Å². The van der Waals surface area contributed by atoms with E-state index in [0.29, 0.717) is 12.5 Å². The summed E-state index contributed by atoms with van der Waals surface area (Å²) in [4.78, 5) is 0. The third kappa shape index (κ3) is 2.71. The molecule has 0 saturated carbocycles. The fourth-order valence-electron chi connectivity index (χ4n) is 1.75. The summed E-state index contributed by atoms with van der Waals surface area (Å²) >= 11 is 5.82. The monoisotopic (exact) mass is 419 g/mol. The molecule has 0 saturated heterocycles. The van der Waals surface area contributed by atoms with Gasteiger partial charge in [0.15, 0.2) is 0 Å². The number of rotatable bonds is 3. The second kappa shape index (κ2) is 5.61.